The van der Waals surface area contributed by atoms with Crippen LogP contribution in [-0.4, -0.2) is 76.7 Å². The highest BCUT2D eigenvalue weighted by atomic mass is 19.4. The van der Waals surface area contributed by atoms with Crippen LogP contribution in [0.1, 0.15) is 41.6 Å². The summed E-state index contributed by atoms with van der Waals surface area (Å²) in [6.07, 6.45) is -4.89. The summed E-state index contributed by atoms with van der Waals surface area (Å²) in [6, 6.07) is 4.30. The minimum atomic E-state index is -4.63. The van der Waals surface area contributed by atoms with E-state index in [2.05, 4.69) is 5.32 Å². The number of carbonyl (C=O) groups is 3. The number of ether oxygens (including phenoxy) is 1. The molecule has 0 aliphatic carbocycles. The summed E-state index contributed by atoms with van der Waals surface area (Å²) in [7, 11) is 0. The van der Waals surface area contributed by atoms with Crippen LogP contribution in [0.2, 0.25) is 0 Å². The van der Waals surface area contributed by atoms with E-state index in [0.717, 1.165) is 0 Å². The van der Waals surface area contributed by atoms with Crippen LogP contribution in [0.25, 0.3) is 0 Å². The molecule has 1 aromatic rings. The normalized spacial score (nSPS) is 23.8. The zero-order chi connectivity index (χ0) is 23.1. The maximum atomic E-state index is 12.9. The summed E-state index contributed by atoms with van der Waals surface area (Å²) < 4.78 is 44.4. The lowest BCUT2D eigenvalue weighted by molar-refractivity contribution is -0.272. The average Bonchev–Trinajstić information content (AvgIpc) is 3.04. The number of nitrogens with zero attached hydrogens (tertiary/aromatic N) is 2. The number of nitrogens with one attached hydrogen (secondary N) is 1. The average molecular weight is 455 g/mol. The molecule has 32 heavy (non-hydrogen) atoms. The van der Waals surface area contributed by atoms with Crippen LogP contribution in [0.3, 0.4) is 0 Å². The van der Waals surface area contributed by atoms with Gasteiger partial charge in [0.05, 0.1) is 0 Å². The number of hydrogen-bond donors (Lipinski definition) is 2. The van der Waals surface area contributed by atoms with Crippen molar-refractivity contribution in [3.05, 3.63) is 29.3 Å². The third-order valence-electron chi connectivity index (χ3n) is 6.38. The minimum absolute atomic E-state index is 0.124. The molecule has 0 radical (unpaired) electrons. The number of imide groups is 1. The van der Waals surface area contributed by atoms with Gasteiger partial charge in [-0.2, -0.15) is 13.2 Å². The molecule has 174 valence electrons. The van der Waals surface area contributed by atoms with Gasteiger partial charge in [-0.25, -0.2) is 0 Å². The summed E-state index contributed by atoms with van der Waals surface area (Å²) in [5, 5.41) is 12.0. The molecule has 1 unspecified atom stereocenters. The number of halogens is 3. The fraction of sp³-hybridized carbons (Fsp3) is 0.571. The molecule has 11 heteroatoms. The number of fused-ring (bicyclic) bond motifs is 1. The van der Waals surface area contributed by atoms with Gasteiger partial charge in [0, 0.05) is 38.2 Å². The van der Waals surface area contributed by atoms with Crippen LogP contribution in [-0.2, 0) is 16.1 Å². The predicted octanol–water partition coefficient (Wildman–Crippen LogP) is 1.22. The van der Waals surface area contributed by atoms with Gasteiger partial charge in [0.15, 0.2) is 5.60 Å². The van der Waals surface area contributed by atoms with E-state index in [0.29, 0.717) is 23.4 Å². The molecule has 3 heterocycles. The zero-order valence-electron chi connectivity index (χ0n) is 17.3. The monoisotopic (exact) mass is 455 g/mol. The maximum absolute atomic E-state index is 12.9. The number of likely N-dealkylation sites (tertiary alicyclic amines) is 1. The number of rotatable bonds is 5. The number of aliphatic hydroxyl groups is 1. The summed E-state index contributed by atoms with van der Waals surface area (Å²) in [4.78, 5) is 39.4. The van der Waals surface area contributed by atoms with Crippen LogP contribution in [0, 0.1) is 0 Å². The van der Waals surface area contributed by atoms with E-state index in [1.807, 2.05) is 4.90 Å². The van der Waals surface area contributed by atoms with Gasteiger partial charge < -0.3 is 14.7 Å². The van der Waals surface area contributed by atoms with Gasteiger partial charge in [-0.15, -0.1) is 0 Å². The lowest BCUT2D eigenvalue weighted by Crippen LogP contribution is -2.53. The number of carbonyl (C=O) groups excluding carboxylic acids is 3. The first-order valence-corrected chi connectivity index (χ1v) is 10.5. The predicted molar refractivity (Wildman–Crippen MR) is 105 cm³/mol. The molecule has 3 aliphatic heterocycles. The topological polar surface area (TPSA) is 99.2 Å². The largest absolute Gasteiger partial charge is 0.492 e. The Bertz CT molecular complexity index is 928. The van der Waals surface area contributed by atoms with E-state index in [1.54, 1.807) is 18.2 Å². The Hall–Kier alpha value is -2.66. The minimum Gasteiger partial charge on any atom is -0.492 e. The van der Waals surface area contributed by atoms with E-state index in [4.69, 9.17) is 4.74 Å². The Labute approximate surface area is 182 Å². The van der Waals surface area contributed by atoms with Crippen molar-refractivity contribution in [3.8, 4) is 5.75 Å². The highest BCUT2D eigenvalue weighted by Gasteiger charge is 2.54. The van der Waals surface area contributed by atoms with E-state index >= 15 is 0 Å². The van der Waals surface area contributed by atoms with Gasteiger partial charge >= 0.3 is 6.18 Å². The quantitative estimate of drug-likeness (QED) is 0.648. The van der Waals surface area contributed by atoms with Gasteiger partial charge in [0.1, 0.15) is 18.4 Å². The Morgan fingerprint density at radius 2 is 1.91 bits per heavy atom. The van der Waals surface area contributed by atoms with Gasteiger partial charge in [-0.3, -0.25) is 24.6 Å². The molecule has 3 aliphatic rings. The standard InChI is InChI=1S/C21H24F3N3O5/c22-21(23,24)20(31)5-7-26(8-6-20)9-10-32-14-1-2-15-13(11-14)12-27(19(15)30)16-3-4-17(28)25-18(16)29/h1-2,11,16,31H,3-10,12H2,(H,25,28,29). The maximum Gasteiger partial charge on any atom is 0.417 e. The van der Waals surface area contributed by atoms with Gasteiger partial charge in [-0.1, -0.05) is 0 Å². The van der Waals surface area contributed by atoms with Crippen molar-refractivity contribution in [2.45, 2.75) is 50.0 Å². The van der Waals surface area contributed by atoms with Crippen molar-refractivity contribution in [1.29, 1.82) is 0 Å². The molecule has 0 bridgehead atoms. The van der Waals surface area contributed by atoms with Crippen LogP contribution in [0.5, 0.6) is 5.75 Å². The summed E-state index contributed by atoms with van der Waals surface area (Å²) >= 11 is 0. The van der Waals surface area contributed by atoms with Crippen LogP contribution >= 0.6 is 0 Å². The zero-order valence-corrected chi connectivity index (χ0v) is 17.3. The third kappa shape index (κ3) is 4.31. The fourth-order valence-corrected chi connectivity index (χ4v) is 4.36. The molecule has 0 saturated carbocycles. The molecule has 1 aromatic carbocycles. The summed E-state index contributed by atoms with van der Waals surface area (Å²) in [6.45, 7) is 1.14. The van der Waals surface area contributed by atoms with Crippen molar-refractivity contribution in [3.63, 3.8) is 0 Å². The second-order valence-corrected chi connectivity index (χ2v) is 8.44. The molecule has 4 rings (SSSR count). The Balaban J connectivity index is 1.30. The second-order valence-electron chi connectivity index (χ2n) is 8.44. The third-order valence-corrected chi connectivity index (χ3v) is 6.38. The first kappa shape index (κ1) is 22.5. The van der Waals surface area contributed by atoms with E-state index in [-0.39, 0.29) is 63.7 Å². The Kier molecular flexibility index (Phi) is 5.89. The summed E-state index contributed by atoms with van der Waals surface area (Å²) in [5.74, 6) is -0.572. The first-order chi connectivity index (χ1) is 15.1. The Morgan fingerprint density at radius 3 is 2.56 bits per heavy atom. The molecule has 0 aromatic heterocycles. The second kappa shape index (κ2) is 8.36. The first-order valence-electron chi connectivity index (χ1n) is 10.5. The molecular weight excluding hydrogens is 431 g/mol. The molecule has 8 nitrogen and oxygen atoms in total. The molecule has 2 fully saturated rings. The molecule has 3 amide bonds. The lowest BCUT2D eigenvalue weighted by atomic mass is 9.91. The highest BCUT2D eigenvalue weighted by molar-refractivity contribution is 6.05. The number of hydrogen-bond acceptors (Lipinski definition) is 6. The number of benzene rings is 1. The SMILES string of the molecule is O=C1CCC(N2Cc3cc(OCCN4CCC(O)(C(F)(F)F)CC4)ccc3C2=O)C(=O)N1. The van der Waals surface area contributed by atoms with Crippen LogP contribution < -0.4 is 10.1 Å². The molecule has 2 N–H and O–H groups in total. The van der Waals surface area contributed by atoms with Gasteiger partial charge in [-0.05, 0) is 43.0 Å². The molecule has 2 saturated heterocycles. The van der Waals surface area contributed by atoms with Gasteiger partial charge in [0.2, 0.25) is 11.8 Å². The molecular formula is C21H24F3N3O5. The van der Waals surface area contributed by atoms with E-state index < -0.39 is 23.7 Å². The lowest BCUT2D eigenvalue weighted by Gasteiger charge is -2.39. The van der Waals surface area contributed by atoms with E-state index in [1.165, 1.54) is 4.90 Å². The highest BCUT2D eigenvalue weighted by Crippen LogP contribution is 2.38. The molecule has 1 atom stereocenters. The number of alkyl halides is 3. The van der Waals surface area contributed by atoms with Crippen LogP contribution in [0.15, 0.2) is 18.2 Å². The van der Waals surface area contributed by atoms with Crippen molar-refractivity contribution >= 4 is 17.7 Å². The van der Waals surface area contributed by atoms with Crippen molar-refractivity contribution in [1.82, 2.24) is 15.1 Å². The van der Waals surface area contributed by atoms with Crippen molar-refractivity contribution in [2.75, 3.05) is 26.2 Å². The molecule has 0 spiro atoms. The summed E-state index contributed by atoms with van der Waals surface area (Å²) in [5.41, 5.74) is -1.43. The van der Waals surface area contributed by atoms with Gasteiger partial charge in [0.25, 0.3) is 5.91 Å². The number of piperidine rings is 2. The van der Waals surface area contributed by atoms with E-state index in [9.17, 15) is 32.7 Å². The number of amides is 3. The smallest absolute Gasteiger partial charge is 0.417 e. The Morgan fingerprint density at radius 1 is 1.19 bits per heavy atom. The van der Waals surface area contributed by atoms with Crippen molar-refractivity contribution < 1.29 is 37.4 Å². The fourth-order valence-electron chi connectivity index (χ4n) is 4.36. The van der Waals surface area contributed by atoms with Crippen LogP contribution in [0.4, 0.5) is 13.2 Å². The van der Waals surface area contributed by atoms with Crippen molar-refractivity contribution in [2.24, 2.45) is 0 Å².